The number of ether oxygens (including phenoxy) is 1. The molecule has 4 heteroatoms. The summed E-state index contributed by atoms with van der Waals surface area (Å²) in [6.45, 7) is 0.545. The zero-order chi connectivity index (χ0) is 13.7. The highest BCUT2D eigenvalue weighted by molar-refractivity contribution is 9.10. The molecule has 0 aliphatic rings. The van der Waals surface area contributed by atoms with Gasteiger partial charge in [0.15, 0.2) is 0 Å². The summed E-state index contributed by atoms with van der Waals surface area (Å²) in [5, 5.41) is 8.74. The number of nitrogens with zero attached hydrogens (tertiary/aromatic N) is 1. The third-order valence-corrected chi connectivity index (χ3v) is 3.11. The SMILES string of the molecule is N#Cc1cccc(COCc2cccc(Br)c2)c1F. The first-order valence-electron chi connectivity index (χ1n) is 5.70. The lowest BCUT2D eigenvalue weighted by Crippen LogP contribution is -1.98. The van der Waals surface area contributed by atoms with Crippen LogP contribution < -0.4 is 0 Å². The second kappa shape index (κ2) is 6.46. The Labute approximate surface area is 119 Å². The predicted molar refractivity (Wildman–Crippen MR) is 73.8 cm³/mol. The average Bonchev–Trinajstić information content (AvgIpc) is 2.41. The molecule has 2 nitrogen and oxygen atoms in total. The second-order valence-electron chi connectivity index (χ2n) is 4.01. The smallest absolute Gasteiger partial charge is 0.146 e. The fourth-order valence-electron chi connectivity index (χ4n) is 1.68. The standard InChI is InChI=1S/C15H11BrFNO/c16-14-6-1-3-11(7-14)9-19-10-13-5-2-4-12(8-18)15(13)17/h1-7H,9-10H2. The monoisotopic (exact) mass is 319 g/mol. The van der Waals surface area contributed by atoms with E-state index in [2.05, 4.69) is 15.9 Å². The summed E-state index contributed by atoms with van der Waals surface area (Å²) in [6.07, 6.45) is 0. The Kier molecular flexibility index (Phi) is 4.67. The quantitative estimate of drug-likeness (QED) is 0.847. The highest BCUT2D eigenvalue weighted by Crippen LogP contribution is 2.15. The van der Waals surface area contributed by atoms with Crippen molar-refractivity contribution in [3.8, 4) is 6.07 Å². The van der Waals surface area contributed by atoms with Gasteiger partial charge in [0.1, 0.15) is 11.9 Å². The van der Waals surface area contributed by atoms with Gasteiger partial charge in [-0.3, -0.25) is 0 Å². The van der Waals surface area contributed by atoms with Gasteiger partial charge in [-0.15, -0.1) is 0 Å². The van der Waals surface area contributed by atoms with Crippen LogP contribution >= 0.6 is 15.9 Å². The van der Waals surface area contributed by atoms with Crippen molar-refractivity contribution < 1.29 is 9.13 Å². The molecule has 0 atom stereocenters. The van der Waals surface area contributed by atoms with E-state index in [9.17, 15) is 4.39 Å². The van der Waals surface area contributed by atoms with Crippen molar-refractivity contribution in [1.82, 2.24) is 0 Å². The van der Waals surface area contributed by atoms with Crippen LogP contribution in [-0.2, 0) is 18.0 Å². The van der Waals surface area contributed by atoms with E-state index in [0.29, 0.717) is 12.2 Å². The minimum absolute atomic E-state index is 0.0450. The van der Waals surface area contributed by atoms with Crippen molar-refractivity contribution >= 4 is 15.9 Å². The molecule has 2 aromatic rings. The first-order chi connectivity index (χ1) is 9.20. The Bertz CT molecular complexity index is 622. The van der Waals surface area contributed by atoms with Crippen molar-refractivity contribution in [2.24, 2.45) is 0 Å². The van der Waals surface area contributed by atoms with Crippen molar-refractivity contribution in [3.63, 3.8) is 0 Å². The lowest BCUT2D eigenvalue weighted by molar-refractivity contribution is 0.105. The van der Waals surface area contributed by atoms with E-state index >= 15 is 0 Å². The Hall–Kier alpha value is -1.70. The van der Waals surface area contributed by atoms with Crippen LogP contribution in [0.5, 0.6) is 0 Å². The highest BCUT2D eigenvalue weighted by atomic mass is 79.9. The van der Waals surface area contributed by atoms with Gasteiger partial charge in [0.25, 0.3) is 0 Å². The van der Waals surface area contributed by atoms with Gasteiger partial charge in [-0.2, -0.15) is 5.26 Å². The summed E-state index contributed by atoms with van der Waals surface area (Å²) in [6, 6.07) is 14.3. The van der Waals surface area contributed by atoms with Gasteiger partial charge in [0.05, 0.1) is 18.8 Å². The van der Waals surface area contributed by atoms with E-state index in [1.165, 1.54) is 6.07 Å². The van der Waals surface area contributed by atoms with Gasteiger partial charge in [-0.1, -0.05) is 40.2 Å². The van der Waals surface area contributed by atoms with Gasteiger partial charge >= 0.3 is 0 Å². The van der Waals surface area contributed by atoms with Gasteiger partial charge in [0.2, 0.25) is 0 Å². The summed E-state index contributed by atoms with van der Waals surface area (Å²) in [4.78, 5) is 0. The maximum Gasteiger partial charge on any atom is 0.146 e. The third kappa shape index (κ3) is 3.63. The third-order valence-electron chi connectivity index (χ3n) is 2.61. The fourth-order valence-corrected chi connectivity index (χ4v) is 2.13. The highest BCUT2D eigenvalue weighted by Gasteiger charge is 2.07. The molecule has 0 saturated carbocycles. The van der Waals surface area contributed by atoms with Crippen LogP contribution in [0.15, 0.2) is 46.9 Å². The topological polar surface area (TPSA) is 33.0 Å². The number of nitriles is 1. The molecule has 19 heavy (non-hydrogen) atoms. The fraction of sp³-hybridized carbons (Fsp3) is 0.133. The molecule has 0 aromatic heterocycles. The average molecular weight is 320 g/mol. The molecular weight excluding hydrogens is 309 g/mol. The number of hydrogen-bond acceptors (Lipinski definition) is 2. The molecule has 0 amide bonds. The normalized spacial score (nSPS) is 10.2. The van der Waals surface area contributed by atoms with Gasteiger partial charge in [-0.05, 0) is 23.8 Å². The molecule has 0 radical (unpaired) electrons. The van der Waals surface area contributed by atoms with Crippen LogP contribution in [0.25, 0.3) is 0 Å². The van der Waals surface area contributed by atoms with E-state index in [1.54, 1.807) is 12.1 Å². The van der Waals surface area contributed by atoms with Crippen LogP contribution in [0.3, 0.4) is 0 Å². The summed E-state index contributed by atoms with van der Waals surface area (Å²) in [7, 11) is 0. The van der Waals surface area contributed by atoms with Crippen molar-refractivity contribution in [3.05, 3.63) is 69.4 Å². The number of benzene rings is 2. The van der Waals surface area contributed by atoms with E-state index < -0.39 is 5.82 Å². The maximum absolute atomic E-state index is 13.8. The molecule has 2 aromatic carbocycles. The van der Waals surface area contributed by atoms with Crippen LogP contribution in [-0.4, -0.2) is 0 Å². The van der Waals surface area contributed by atoms with Crippen LogP contribution in [0, 0.1) is 17.1 Å². The lowest BCUT2D eigenvalue weighted by Gasteiger charge is -2.06. The molecule has 2 rings (SSSR count). The van der Waals surface area contributed by atoms with Gasteiger partial charge in [-0.25, -0.2) is 4.39 Å². The van der Waals surface area contributed by atoms with Crippen LogP contribution in [0.4, 0.5) is 4.39 Å². The molecule has 0 spiro atoms. The molecule has 0 bridgehead atoms. The molecule has 0 aliphatic carbocycles. The number of hydrogen-bond donors (Lipinski definition) is 0. The molecule has 0 heterocycles. The summed E-state index contributed by atoms with van der Waals surface area (Å²) < 4.78 is 20.2. The van der Waals surface area contributed by atoms with E-state index in [0.717, 1.165) is 10.0 Å². The van der Waals surface area contributed by atoms with E-state index in [1.807, 2.05) is 30.3 Å². The molecule has 96 valence electrons. The van der Waals surface area contributed by atoms with E-state index in [-0.39, 0.29) is 12.2 Å². The lowest BCUT2D eigenvalue weighted by atomic mass is 10.1. The Morgan fingerprint density at radius 2 is 1.95 bits per heavy atom. The first-order valence-corrected chi connectivity index (χ1v) is 6.49. The number of rotatable bonds is 4. The minimum atomic E-state index is -0.501. The van der Waals surface area contributed by atoms with Gasteiger partial charge in [0, 0.05) is 10.0 Å². The summed E-state index contributed by atoms with van der Waals surface area (Å²) in [5.74, 6) is -0.501. The largest absolute Gasteiger partial charge is 0.372 e. The zero-order valence-electron chi connectivity index (χ0n) is 10.1. The molecular formula is C15H11BrFNO. The van der Waals surface area contributed by atoms with Crippen LogP contribution in [0.1, 0.15) is 16.7 Å². The van der Waals surface area contributed by atoms with Crippen LogP contribution in [0.2, 0.25) is 0 Å². The molecule has 0 aliphatic heterocycles. The van der Waals surface area contributed by atoms with E-state index in [4.69, 9.17) is 10.00 Å². The molecule has 0 saturated heterocycles. The maximum atomic E-state index is 13.8. The van der Waals surface area contributed by atoms with Crippen molar-refractivity contribution in [2.45, 2.75) is 13.2 Å². The van der Waals surface area contributed by atoms with Crippen molar-refractivity contribution in [2.75, 3.05) is 0 Å². The predicted octanol–water partition coefficient (Wildman–Crippen LogP) is 4.18. The Morgan fingerprint density at radius 1 is 1.16 bits per heavy atom. The summed E-state index contributed by atoms with van der Waals surface area (Å²) >= 11 is 3.38. The van der Waals surface area contributed by atoms with Gasteiger partial charge < -0.3 is 4.74 Å². The molecule has 0 N–H and O–H groups in total. The van der Waals surface area contributed by atoms with Crippen molar-refractivity contribution in [1.29, 1.82) is 5.26 Å². The molecule has 0 fully saturated rings. The number of halogens is 2. The first kappa shape index (κ1) is 13.7. The Balaban J connectivity index is 1.98. The zero-order valence-corrected chi connectivity index (χ0v) is 11.7. The second-order valence-corrected chi connectivity index (χ2v) is 4.93. The molecule has 0 unspecified atom stereocenters. The summed E-state index contributed by atoms with van der Waals surface area (Å²) in [5.41, 5.74) is 1.45. The minimum Gasteiger partial charge on any atom is -0.372 e. The Morgan fingerprint density at radius 3 is 2.68 bits per heavy atom.